The number of halogens is 1. The number of aliphatic hydroxyl groups excluding tert-OH is 1. The van der Waals surface area contributed by atoms with E-state index in [1.54, 1.807) is 11.0 Å². The Morgan fingerprint density at radius 1 is 1.47 bits per heavy atom. The molecule has 1 amide bonds. The van der Waals surface area contributed by atoms with E-state index in [4.69, 9.17) is 5.73 Å². The number of nitrogens with zero attached hydrogens (tertiary/aromatic N) is 1. The molecule has 1 aliphatic heterocycles. The second kappa shape index (κ2) is 6.35. The van der Waals surface area contributed by atoms with Gasteiger partial charge in [-0.15, -0.1) is 12.4 Å². The Morgan fingerprint density at radius 3 is 2.65 bits per heavy atom. The van der Waals surface area contributed by atoms with Gasteiger partial charge in [0.25, 0.3) is 0 Å². The molecule has 2 rings (SSSR count). The highest BCUT2D eigenvalue weighted by molar-refractivity contribution is 7.07. The summed E-state index contributed by atoms with van der Waals surface area (Å²) >= 11 is 1.49. The molecule has 4 nitrogen and oxygen atoms in total. The summed E-state index contributed by atoms with van der Waals surface area (Å²) in [7, 11) is 0. The molecule has 1 aliphatic rings. The van der Waals surface area contributed by atoms with E-state index < -0.39 is 12.1 Å². The molecular weight excluding hydrogens is 260 g/mol. The molecule has 0 bridgehead atoms. The average molecular weight is 277 g/mol. The van der Waals surface area contributed by atoms with Crippen molar-refractivity contribution in [2.45, 2.75) is 25.0 Å². The predicted molar refractivity (Wildman–Crippen MR) is 70.3 cm³/mol. The molecule has 3 N–H and O–H groups in total. The number of aliphatic hydroxyl groups is 1. The predicted octanol–water partition coefficient (Wildman–Crippen LogP) is 1.15. The summed E-state index contributed by atoms with van der Waals surface area (Å²) < 4.78 is 0. The monoisotopic (exact) mass is 276 g/mol. The van der Waals surface area contributed by atoms with Gasteiger partial charge in [-0.2, -0.15) is 11.3 Å². The maximum absolute atomic E-state index is 11.9. The number of carbonyl (C=O) groups excluding carboxylic acids is 1. The van der Waals surface area contributed by atoms with E-state index in [1.807, 2.05) is 10.8 Å². The van der Waals surface area contributed by atoms with E-state index >= 15 is 0 Å². The SMILES string of the molecule is Cl.N[C@@H](C(=O)N1CCCC1)[C@@H](O)c1ccsc1. The molecule has 1 fully saturated rings. The van der Waals surface area contributed by atoms with Crippen molar-refractivity contribution in [2.75, 3.05) is 13.1 Å². The van der Waals surface area contributed by atoms with Crippen molar-refractivity contribution >= 4 is 29.7 Å². The molecule has 0 unspecified atom stereocenters. The van der Waals surface area contributed by atoms with E-state index in [-0.39, 0.29) is 18.3 Å². The summed E-state index contributed by atoms with van der Waals surface area (Å²) in [6, 6.07) is 0.958. The van der Waals surface area contributed by atoms with E-state index in [9.17, 15) is 9.90 Å². The van der Waals surface area contributed by atoms with Gasteiger partial charge in [0.15, 0.2) is 0 Å². The molecule has 17 heavy (non-hydrogen) atoms. The number of hydrogen-bond donors (Lipinski definition) is 2. The summed E-state index contributed by atoms with van der Waals surface area (Å²) in [5.41, 5.74) is 6.52. The van der Waals surface area contributed by atoms with E-state index in [2.05, 4.69) is 0 Å². The minimum atomic E-state index is -0.889. The molecule has 1 saturated heterocycles. The lowest BCUT2D eigenvalue weighted by Crippen LogP contribution is -2.45. The van der Waals surface area contributed by atoms with Crippen molar-refractivity contribution in [3.05, 3.63) is 22.4 Å². The summed E-state index contributed by atoms with van der Waals surface area (Å²) in [6.45, 7) is 1.53. The summed E-state index contributed by atoms with van der Waals surface area (Å²) in [5.74, 6) is -0.142. The third kappa shape index (κ3) is 3.19. The largest absolute Gasteiger partial charge is 0.386 e. The number of rotatable bonds is 3. The highest BCUT2D eigenvalue weighted by Gasteiger charge is 2.29. The van der Waals surface area contributed by atoms with Crippen molar-refractivity contribution in [3.63, 3.8) is 0 Å². The molecule has 0 spiro atoms. The molecule has 0 aliphatic carbocycles. The zero-order chi connectivity index (χ0) is 11.5. The van der Waals surface area contributed by atoms with Crippen LogP contribution in [0.1, 0.15) is 24.5 Å². The first-order valence-corrected chi connectivity index (χ1v) is 6.39. The van der Waals surface area contributed by atoms with E-state index in [0.29, 0.717) is 0 Å². The molecule has 0 aromatic carbocycles. The third-order valence-electron chi connectivity index (χ3n) is 2.93. The van der Waals surface area contributed by atoms with Gasteiger partial charge in [-0.1, -0.05) is 0 Å². The molecule has 6 heteroatoms. The zero-order valence-corrected chi connectivity index (χ0v) is 11.0. The third-order valence-corrected chi connectivity index (χ3v) is 3.63. The second-order valence-electron chi connectivity index (χ2n) is 4.06. The lowest BCUT2D eigenvalue weighted by molar-refractivity contribution is -0.134. The first-order valence-electron chi connectivity index (χ1n) is 5.44. The van der Waals surface area contributed by atoms with Crippen LogP contribution < -0.4 is 5.73 Å². The molecule has 0 radical (unpaired) electrons. The van der Waals surface area contributed by atoms with Crippen molar-refractivity contribution in [1.29, 1.82) is 0 Å². The van der Waals surface area contributed by atoms with Crippen LogP contribution in [0.2, 0.25) is 0 Å². The quantitative estimate of drug-likeness (QED) is 0.870. The van der Waals surface area contributed by atoms with Crippen LogP contribution in [-0.2, 0) is 4.79 Å². The molecule has 1 aromatic heterocycles. The molecule has 2 heterocycles. The smallest absolute Gasteiger partial charge is 0.242 e. The normalized spacial score (nSPS) is 18.6. The fourth-order valence-corrected chi connectivity index (χ4v) is 2.62. The van der Waals surface area contributed by atoms with E-state index in [0.717, 1.165) is 31.5 Å². The Bertz CT molecular complexity index is 352. The highest BCUT2D eigenvalue weighted by atomic mass is 35.5. The van der Waals surface area contributed by atoms with Gasteiger partial charge < -0.3 is 15.7 Å². The van der Waals surface area contributed by atoms with Crippen LogP contribution in [0.15, 0.2) is 16.8 Å². The van der Waals surface area contributed by atoms with Gasteiger partial charge in [0, 0.05) is 13.1 Å². The van der Waals surface area contributed by atoms with Gasteiger partial charge in [0.05, 0.1) is 0 Å². The van der Waals surface area contributed by atoms with Gasteiger partial charge in [0.1, 0.15) is 12.1 Å². The van der Waals surface area contributed by atoms with Crippen LogP contribution in [0.5, 0.6) is 0 Å². The maximum atomic E-state index is 11.9. The van der Waals surface area contributed by atoms with Crippen molar-refractivity contribution < 1.29 is 9.90 Å². The van der Waals surface area contributed by atoms with Crippen LogP contribution in [0.25, 0.3) is 0 Å². The molecule has 1 aromatic rings. The van der Waals surface area contributed by atoms with Gasteiger partial charge in [-0.3, -0.25) is 4.79 Å². The Kier molecular flexibility index (Phi) is 5.39. The number of likely N-dealkylation sites (tertiary alicyclic amines) is 1. The van der Waals surface area contributed by atoms with Crippen LogP contribution in [0.4, 0.5) is 0 Å². The van der Waals surface area contributed by atoms with Crippen molar-refractivity contribution in [1.82, 2.24) is 4.90 Å². The van der Waals surface area contributed by atoms with Crippen LogP contribution in [0.3, 0.4) is 0 Å². The van der Waals surface area contributed by atoms with Crippen molar-refractivity contribution in [3.8, 4) is 0 Å². The number of nitrogens with two attached hydrogens (primary N) is 1. The summed E-state index contributed by atoms with van der Waals surface area (Å²) in [4.78, 5) is 13.7. The Balaban J connectivity index is 0.00000144. The lowest BCUT2D eigenvalue weighted by atomic mass is 10.1. The van der Waals surface area contributed by atoms with Gasteiger partial charge in [-0.05, 0) is 35.2 Å². The van der Waals surface area contributed by atoms with Gasteiger partial charge in [0.2, 0.25) is 5.91 Å². The molecular formula is C11H17ClN2O2S. The van der Waals surface area contributed by atoms with Crippen molar-refractivity contribution in [2.24, 2.45) is 5.73 Å². The molecule has 2 atom stereocenters. The minimum absolute atomic E-state index is 0. The first kappa shape index (κ1) is 14.4. The first-order chi connectivity index (χ1) is 7.70. The number of amides is 1. The number of thiophene rings is 1. The highest BCUT2D eigenvalue weighted by Crippen LogP contribution is 2.20. The molecule has 96 valence electrons. The summed E-state index contributed by atoms with van der Waals surface area (Å²) in [5, 5.41) is 13.6. The number of carbonyl (C=O) groups is 1. The summed E-state index contributed by atoms with van der Waals surface area (Å²) in [6.07, 6.45) is 1.18. The Labute approximate surface area is 111 Å². The lowest BCUT2D eigenvalue weighted by Gasteiger charge is -2.23. The van der Waals surface area contributed by atoms with E-state index in [1.165, 1.54) is 11.3 Å². The standard InChI is InChI=1S/C11H16N2O2S.ClH/c12-9(10(14)8-3-6-16-7-8)11(15)13-4-1-2-5-13;/h3,6-7,9-10,14H,1-2,4-5,12H2;1H/t9-,10+;/m1./s1. The molecule has 0 saturated carbocycles. The Morgan fingerprint density at radius 2 is 2.12 bits per heavy atom. The number of hydrogen-bond acceptors (Lipinski definition) is 4. The average Bonchev–Trinajstić information content (AvgIpc) is 2.97. The van der Waals surface area contributed by atoms with Crippen LogP contribution >= 0.6 is 23.7 Å². The van der Waals surface area contributed by atoms with Crippen LogP contribution in [0, 0.1) is 0 Å². The topological polar surface area (TPSA) is 66.6 Å². The zero-order valence-electron chi connectivity index (χ0n) is 9.41. The maximum Gasteiger partial charge on any atom is 0.242 e. The minimum Gasteiger partial charge on any atom is -0.386 e. The second-order valence-corrected chi connectivity index (χ2v) is 4.84. The van der Waals surface area contributed by atoms with Crippen LogP contribution in [-0.4, -0.2) is 35.0 Å². The Hall–Kier alpha value is -0.620. The van der Waals surface area contributed by atoms with Gasteiger partial charge in [-0.25, -0.2) is 0 Å². The fraction of sp³-hybridized carbons (Fsp3) is 0.545. The fourth-order valence-electron chi connectivity index (χ4n) is 1.93. The van der Waals surface area contributed by atoms with Gasteiger partial charge >= 0.3 is 0 Å².